The second-order valence-electron chi connectivity index (χ2n) is 7.82. The van der Waals surface area contributed by atoms with Crippen molar-refractivity contribution in [3.05, 3.63) is 59.7 Å². The van der Waals surface area contributed by atoms with Crippen molar-refractivity contribution in [3.63, 3.8) is 0 Å². The summed E-state index contributed by atoms with van der Waals surface area (Å²) in [6, 6.07) is 16.4. The maximum absolute atomic E-state index is 13.3. The third kappa shape index (κ3) is 4.56. The van der Waals surface area contributed by atoms with Crippen molar-refractivity contribution in [1.82, 2.24) is 20.2 Å². The van der Waals surface area contributed by atoms with Gasteiger partial charge in [-0.25, -0.2) is 0 Å². The molecule has 0 aliphatic heterocycles. The Bertz CT molecular complexity index is 998. The highest BCUT2D eigenvalue weighted by Crippen LogP contribution is 2.29. The van der Waals surface area contributed by atoms with Crippen LogP contribution in [0.4, 0.5) is 5.69 Å². The zero-order valence-electron chi connectivity index (χ0n) is 17.5. The van der Waals surface area contributed by atoms with E-state index in [1.807, 2.05) is 41.3 Å². The molecule has 3 aromatic rings. The fourth-order valence-corrected chi connectivity index (χ4v) is 4.72. The lowest BCUT2D eigenvalue weighted by atomic mass is 9.93. The maximum atomic E-state index is 13.3. The number of nitrogens with zero attached hydrogens (tertiary/aromatic N) is 5. The molecule has 4 rings (SSSR count). The molecule has 0 spiro atoms. The third-order valence-electron chi connectivity index (χ3n) is 5.74. The fraction of sp³-hybridized carbons (Fsp3) is 0.391. The van der Waals surface area contributed by atoms with Crippen LogP contribution in [0.25, 0.3) is 5.69 Å². The van der Waals surface area contributed by atoms with E-state index in [9.17, 15) is 4.79 Å². The van der Waals surface area contributed by atoms with Crippen molar-refractivity contribution in [3.8, 4) is 5.69 Å². The first-order valence-electron chi connectivity index (χ1n) is 10.5. The number of tetrazole rings is 1. The van der Waals surface area contributed by atoms with E-state index >= 15 is 0 Å². The summed E-state index contributed by atoms with van der Waals surface area (Å²) in [6.07, 6.45) is 5.74. The highest BCUT2D eigenvalue weighted by atomic mass is 32.2. The molecule has 0 atom stereocenters. The summed E-state index contributed by atoms with van der Waals surface area (Å²) >= 11 is 1.39. The molecule has 6 nitrogen and oxygen atoms in total. The molecule has 0 unspecified atom stereocenters. The van der Waals surface area contributed by atoms with Gasteiger partial charge < -0.3 is 4.90 Å². The zero-order chi connectivity index (χ0) is 20.9. The molecular formula is C23H27N5OS. The number of carbonyl (C=O) groups excluding carboxylic acids is 1. The van der Waals surface area contributed by atoms with Gasteiger partial charge in [-0.15, -0.1) is 5.10 Å². The summed E-state index contributed by atoms with van der Waals surface area (Å²) in [5.41, 5.74) is 4.29. The molecule has 1 amide bonds. The van der Waals surface area contributed by atoms with Gasteiger partial charge in [0.25, 0.3) is 0 Å². The first kappa shape index (κ1) is 20.6. The van der Waals surface area contributed by atoms with E-state index in [2.05, 4.69) is 41.5 Å². The van der Waals surface area contributed by atoms with E-state index in [1.165, 1.54) is 42.2 Å². The van der Waals surface area contributed by atoms with Crippen LogP contribution in [0.3, 0.4) is 0 Å². The van der Waals surface area contributed by atoms with Crippen molar-refractivity contribution in [2.24, 2.45) is 0 Å². The van der Waals surface area contributed by atoms with Gasteiger partial charge in [-0.1, -0.05) is 55.3 Å². The van der Waals surface area contributed by atoms with Gasteiger partial charge in [-0.3, -0.25) is 4.79 Å². The normalized spacial score (nSPS) is 14.6. The molecule has 0 bridgehead atoms. The molecule has 1 aromatic heterocycles. The summed E-state index contributed by atoms with van der Waals surface area (Å²) in [4.78, 5) is 15.3. The highest BCUT2D eigenvalue weighted by Gasteiger charge is 2.27. The predicted octanol–water partition coefficient (Wildman–Crippen LogP) is 4.74. The standard InChI is InChI=1S/C23H27N5OS/c1-17-13-14-21(15-18(17)2)28-23(24-25-26-28)30-16-22(29)27(19-9-5-3-6-10-19)20-11-7-4-8-12-20/h3,5-6,9-10,13-15,20H,4,7-8,11-12,16H2,1-2H3. The van der Waals surface area contributed by atoms with Crippen molar-refractivity contribution < 1.29 is 4.79 Å². The number of aryl methyl sites for hydroxylation is 2. The minimum absolute atomic E-state index is 0.104. The number of carbonyl (C=O) groups is 1. The third-order valence-corrected chi connectivity index (χ3v) is 6.65. The number of hydrogen-bond acceptors (Lipinski definition) is 5. The Morgan fingerprint density at radius 2 is 1.83 bits per heavy atom. The SMILES string of the molecule is Cc1ccc(-n2nnnc2SCC(=O)N(c2ccccc2)C2CCCCC2)cc1C. The van der Waals surface area contributed by atoms with E-state index in [1.54, 1.807) is 4.68 Å². The smallest absolute Gasteiger partial charge is 0.237 e. The Kier molecular flexibility index (Phi) is 6.47. The molecule has 7 heteroatoms. The number of aromatic nitrogens is 4. The van der Waals surface area contributed by atoms with E-state index in [4.69, 9.17) is 0 Å². The summed E-state index contributed by atoms with van der Waals surface area (Å²) in [7, 11) is 0. The number of rotatable bonds is 6. The van der Waals surface area contributed by atoms with Crippen LogP contribution in [0.2, 0.25) is 0 Å². The predicted molar refractivity (Wildman–Crippen MR) is 120 cm³/mol. The van der Waals surface area contributed by atoms with Crippen molar-refractivity contribution >= 4 is 23.4 Å². The zero-order valence-corrected chi connectivity index (χ0v) is 18.3. The van der Waals surface area contributed by atoms with Gasteiger partial charge >= 0.3 is 0 Å². The average molecular weight is 422 g/mol. The van der Waals surface area contributed by atoms with Gasteiger partial charge in [0.1, 0.15) is 0 Å². The second kappa shape index (κ2) is 9.43. The number of thioether (sulfide) groups is 1. The number of para-hydroxylation sites is 1. The molecule has 0 N–H and O–H groups in total. The Morgan fingerprint density at radius 1 is 1.07 bits per heavy atom. The first-order valence-corrected chi connectivity index (χ1v) is 11.5. The summed E-state index contributed by atoms with van der Waals surface area (Å²) in [6.45, 7) is 4.15. The highest BCUT2D eigenvalue weighted by molar-refractivity contribution is 7.99. The van der Waals surface area contributed by atoms with Crippen LogP contribution in [-0.4, -0.2) is 37.9 Å². The Morgan fingerprint density at radius 3 is 2.57 bits per heavy atom. The molecule has 0 radical (unpaired) electrons. The molecule has 1 fully saturated rings. The molecule has 2 aromatic carbocycles. The Balaban J connectivity index is 1.51. The summed E-state index contributed by atoms with van der Waals surface area (Å²) in [5, 5.41) is 12.8. The lowest BCUT2D eigenvalue weighted by Crippen LogP contribution is -2.42. The van der Waals surface area contributed by atoms with Crippen LogP contribution in [0, 0.1) is 13.8 Å². The van der Waals surface area contributed by atoms with E-state index in [0.29, 0.717) is 10.9 Å². The van der Waals surface area contributed by atoms with Crippen molar-refractivity contribution in [1.29, 1.82) is 0 Å². The van der Waals surface area contributed by atoms with Crippen LogP contribution in [0.1, 0.15) is 43.2 Å². The maximum Gasteiger partial charge on any atom is 0.237 e. The van der Waals surface area contributed by atoms with Crippen molar-refractivity contribution in [2.45, 2.75) is 57.1 Å². The average Bonchev–Trinajstić information content (AvgIpc) is 3.25. The first-order chi connectivity index (χ1) is 14.6. The largest absolute Gasteiger partial charge is 0.309 e. The van der Waals surface area contributed by atoms with Gasteiger partial charge in [0, 0.05) is 11.7 Å². The van der Waals surface area contributed by atoms with Gasteiger partial charge in [0.05, 0.1) is 11.4 Å². The number of amides is 1. The van der Waals surface area contributed by atoms with Crippen LogP contribution < -0.4 is 4.90 Å². The molecule has 30 heavy (non-hydrogen) atoms. The van der Waals surface area contributed by atoms with E-state index < -0.39 is 0 Å². The van der Waals surface area contributed by atoms with Crippen molar-refractivity contribution in [2.75, 3.05) is 10.7 Å². The lowest BCUT2D eigenvalue weighted by molar-refractivity contribution is -0.116. The fourth-order valence-electron chi connectivity index (χ4n) is 3.97. The molecule has 1 heterocycles. The second-order valence-corrected chi connectivity index (χ2v) is 8.76. The Hall–Kier alpha value is -2.67. The molecule has 1 aliphatic rings. The van der Waals surface area contributed by atoms with Crippen LogP contribution in [0.5, 0.6) is 0 Å². The quantitative estimate of drug-likeness (QED) is 0.538. The van der Waals surface area contributed by atoms with Crippen LogP contribution >= 0.6 is 11.8 Å². The van der Waals surface area contributed by atoms with Gasteiger partial charge in [-0.2, -0.15) is 4.68 Å². The van der Waals surface area contributed by atoms with Gasteiger partial charge in [0.2, 0.25) is 11.1 Å². The van der Waals surface area contributed by atoms with E-state index in [0.717, 1.165) is 24.2 Å². The Labute approximate surface area is 181 Å². The van der Waals surface area contributed by atoms with E-state index in [-0.39, 0.29) is 11.9 Å². The molecule has 1 saturated carbocycles. The molecule has 156 valence electrons. The lowest BCUT2D eigenvalue weighted by Gasteiger charge is -2.34. The molecular weight excluding hydrogens is 394 g/mol. The minimum atomic E-state index is 0.104. The minimum Gasteiger partial charge on any atom is -0.309 e. The van der Waals surface area contributed by atoms with Crippen LogP contribution in [0.15, 0.2) is 53.7 Å². The summed E-state index contributed by atoms with van der Waals surface area (Å²) < 4.78 is 1.71. The van der Waals surface area contributed by atoms with Gasteiger partial charge in [0.15, 0.2) is 0 Å². The number of benzene rings is 2. The summed E-state index contributed by atoms with van der Waals surface area (Å²) in [5.74, 6) is 0.407. The van der Waals surface area contributed by atoms with Crippen LogP contribution in [-0.2, 0) is 4.79 Å². The van der Waals surface area contributed by atoms with Gasteiger partial charge in [-0.05, 0) is 72.5 Å². The molecule has 0 saturated heterocycles. The number of anilines is 1. The molecule has 1 aliphatic carbocycles. The topological polar surface area (TPSA) is 63.9 Å². The monoisotopic (exact) mass is 421 g/mol. The number of hydrogen-bond donors (Lipinski definition) is 0.